The first-order valence-electron chi connectivity index (χ1n) is 6.55. The van der Waals surface area contributed by atoms with Crippen LogP contribution in [0.5, 0.6) is 0 Å². The van der Waals surface area contributed by atoms with E-state index in [0.29, 0.717) is 18.3 Å². The third kappa shape index (κ3) is 6.11. The molecule has 0 amide bonds. The van der Waals surface area contributed by atoms with Crippen LogP contribution >= 0.6 is 24.0 Å². The molecule has 7 heteroatoms. The second-order valence-corrected chi connectivity index (χ2v) is 4.32. The van der Waals surface area contributed by atoms with Crippen LogP contribution in [0, 0.1) is 6.92 Å². The summed E-state index contributed by atoms with van der Waals surface area (Å²) < 4.78 is 5.03. The Hall–Kier alpha value is -1.64. The van der Waals surface area contributed by atoms with E-state index in [1.54, 1.807) is 14.0 Å². The number of nitrogens with one attached hydrogen (secondary N) is 2. The van der Waals surface area contributed by atoms with E-state index in [2.05, 4.69) is 37.9 Å². The van der Waals surface area contributed by atoms with Gasteiger partial charge in [-0.1, -0.05) is 35.5 Å². The standard InChI is InChI=1S/C14H19N5O.HI/c1-11-18-13(20-19-11)10-17-14(15-2)16-9-8-12-6-4-3-5-7-12;/h3-7H,8-10H2,1-2H3,(H2,15,16,17);1H. The number of hydrogen-bond acceptors (Lipinski definition) is 4. The Balaban J connectivity index is 0.00000220. The van der Waals surface area contributed by atoms with Crippen molar-refractivity contribution in [3.8, 4) is 0 Å². The fourth-order valence-corrected chi connectivity index (χ4v) is 1.76. The number of aromatic nitrogens is 2. The highest BCUT2D eigenvalue weighted by Gasteiger charge is 2.03. The molecule has 0 saturated carbocycles. The van der Waals surface area contributed by atoms with Gasteiger partial charge in [0.05, 0.1) is 6.54 Å². The molecule has 2 N–H and O–H groups in total. The Morgan fingerprint density at radius 1 is 1.24 bits per heavy atom. The Morgan fingerprint density at radius 2 is 2.00 bits per heavy atom. The third-order valence-corrected chi connectivity index (χ3v) is 2.75. The maximum absolute atomic E-state index is 5.03. The first kappa shape index (κ1) is 17.4. The zero-order valence-corrected chi connectivity index (χ0v) is 14.5. The summed E-state index contributed by atoms with van der Waals surface area (Å²) in [6.07, 6.45) is 0.946. The van der Waals surface area contributed by atoms with Gasteiger partial charge in [0, 0.05) is 13.6 Å². The molecule has 1 aromatic carbocycles. The van der Waals surface area contributed by atoms with Crippen LogP contribution in [0.25, 0.3) is 0 Å². The van der Waals surface area contributed by atoms with E-state index in [4.69, 9.17) is 4.52 Å². The van der Waals surface area contributed by atoms with Crippen molar-refractivity contribution in [1.29, 1.82) is 0 Å². The van der Waals surface area contributed by atoms with Gasteiger partial charge in [0.25, 0.3) is 0 Å². The van der Waals surface area contributed by atoms with Gasteiger partial charge in [-0.15, -0.1) is 24.0 Å². The summed E-state index contributed by atoms with van der Waals surface area (Å²) in [5, 5.41) is 10.1. The third-order valence-electron chi connectivity index (χ3n) is 2.75. The molecular formula is C14H20IN5O. The first-order chi connectivity index (χ1) is 9.78. The van der Waals surface area contributed by atoms with E-state index in [9.17, 15) is 0 Å². The molecule has 0 bridgehead atoms. The highest BCUT2D eigenvalue weighted by atomic mass is 127. The molecule has 0 aliphatic rings. The van der Waals surface area contributed by atoms with Gasteiger partial charge in [-0.25, -0.2) is 0 Å². The van der Waals surface area contributed by atoms with Crippen molar-refractivity contribution in [2.75, 3.05) is 13.6 Å². The number of rotatable bonds is 5. The molecule has 2 rings (SSSR count). The number of halogens is 1. The number of hydrogen-bond donors (Lipinski definition) is 2. The van der Waals surface area contributed by atoms with Crippen molar-refractivity contribution in [1.82, 2.24) is 20.8 Å². The lowest BCUT2D eigenvalue weighted by molar-refractivity contribution is 0.371. The Morgan fingerprint density at radius 3 is 2.62 bits per heavy atom. The molecule has 0 radical (unpaired) electrons. The molecule has 0 aliphatic carbocycles. The lowest BCUT2D eigenvalue weighted by Crippen LogP contribution is -2.37. The van der Waals surface area contributed by atoms with Crippen molar-refractivity contribution >= 4 is 29.9 Å². The second-order valence-electron chi connectivity index (χ2n) is 4.32. The van der Waals surface area contributed by atoms with Crippen molar-refractivity contribution < 1.29 is 4.52 Å². The Labute approximate surface area is 141 Å². The quantitative estimate of drug-likeness (QED) is 0.455. The predicted molar refractivity (Wildman–Crippen MR) is 92.8 cm³/mol. The Kier molecular flexibility index (Phi) is 7.73. The number of aryl methyl sites for hydroxylation is 1. The Bertz CT molecular complexity index is 556. The van der Waals surface area contributed by atoms with E-state index in [1.807, 2.05) is 18.2 Å². The van der Waals surface area contributed by atoms with Crippen molar-refractivity contribution in [2.45, 2.75) is 19.9 Å². The van der Waals surface area contributed by atoms with Crippen LogP contribution in [0.15, 0.2) is 39.8 Å². The van der Waals surface area contributed by atoms with Crippen LogP contribution in [0.1, 0.15) is 17.3 Å². The van der Waals surface area contributed by atoms with Crippen molar-refractivity contribution in [3.05, 3.63) is 47.6 Å². The van der Waals surface area contributed by atoms with Crippen LogP contribution < -0.4 is 10.6 Å². The zero-order chi connectivity index (χ0) is 14.2. The molecule has 1 aromatic heterocycles. The molecule has 0 spiro atoms. The number of aliphatic imine (C=N–C) groups is 1. The second kappa shape index (κ2) is 9.32. The summed E-state index contributed by atoms with van der Waals surface area (Å²) >= 11 is 0. The van der Waals surface area contributed by atoms with E-state index < -0.39 is 0 Å². The molecule has 1 heterocycles. The first-order valence-corrected chi connectivity index (χ1v) is 6.55. The SMILES string of the molecule is CN=C(NCCc1ccccc1)NCc1nc(C)no1.I. The average molecular weight is 401 g/mol. The summed E-state index contributed by atoms with van der Waals surface area (Å²) in [6.45, 7) is 3.07. The van der Waals surface area contributed by atoms with Gasteiger partial charge in [-0.3, -0.25) is 4.99 Å². The summed E-state index contributed by atoms with van der Waals surface area (Å²) in [5.74, 6) is 1.90. The number of guanidine groups is 1. The fraction of sp³-hybridized carbons (Fsp3) is 0.357. The van der Waals surface area contributed by atoms with Crippen LogP contribution in [0.4, 0.5) is 0 Å². The van der Waals surface area contributed by atoms with Crippen molar-refractivity contribution in [2.24, 2.45) is 4.99 Å². The van der Waals surface area contributed by atoms with Gasteiger partial charge in [-0.05, 0) is 18.9 Å². The molecule has 2 aromatic rings. The van der Waals surface area contributed by atoms with Gasteiger partial charge in [-0.2, -0.15) is 4.98 Å². The zero-order valence-electron chi connectivity index (χ0n) is 12.2. The predicted octanol–water partition coefficient (Wildman–Crippen LogP) is 1.90. The van der Waals surface area contributed by atoms with E-state index in [0.717, 1.165) is 18.9 Å². The van der Waals surface area contributed by atoms with E-state index >= 15 is 0 Å². The smallest absolute Gasteiger partial charge is 0.246 e. The monoisotopic (exact) mass is 401 g/mol. The highest BCUT2D eigenvalue weighted by molar-refractivity contribution is 14.0. The summed E-state index contributed by atoms with van der Waals surface area (Å²) in [4.78, 5) is 8.27. The van der Waals surface area contributed by atoms with E-state index in [1.165, 1.54) is 5.56 Å². The van der Waals surface area contributed by atoms with Gasteiger partial charge in [0.15, 0.2) is 11.8 Å². The van der Waals surface area contributed by atoms with Gasteiger partial charge in [0.1, 0.15) is 0 Å². The summed E-state index contributed by atoms with van der Waals surface area (Å²) in [6, 6.07) is 10.3. The minimum absolute atomic E-state index is 0. The topological polar surface area (TPSA) is 75.3 Å². The molecule has 0 aliphatic heterocycles. The van der Waals surface area contributed by atoms with Gasteiger partial charge in [0.2, 0.25) is 5.89 Å². The van der Waals surface area contributed by atoms with E-state index in [-0.39, 0.29) is 24.0 Å². The van der Waals surface area contributed by atoms with Gasteiger partial charge < -0.3 is 15.2 Å². The lowest BCUT2D eigenvalue weighted by Gasteiger charge is -2.10. The van der Waals surface area contributed by atoms with Crippen molar-refractivity contribution in [3.63, 3.8) is 0 Å². The van der Waals surface area contributed by atoms with Crippen LogP contribution in [0.3, 0.4) is 0 Å². The number of benzene rings is 1. The molecule has 0 unspecified atom stereocenters. The summed E-state index contributed by atoms with van der Waals surface area (Å²) in [7, 11) is 1.73. The largest absolute Gasteiger partial charge is 0.356 e. The molecule has 6 nitrogen and oxygen atoms in total. The maximum Gasteiger partial charge on any atom is 0.246 e. The maximum atomic E-state index is 5.03. The molecule has 0 fully saturated rings. The molecule has 0 saturated heterocycles. The molecular weight excluding hydrogens is 381 g/mol. The normalized spacial score (nSPS) is 10.9. The molecule has 0 atom stereocenters. The summed E-state index contributed by atoms with van der Waals surface area (Å²) in [5.41, 5.74) is 1.29. The van der Waals surface area contributed by atoms with Crippen LogP contribution in [-0.2, 0) is 13.0 Å². The lowest BCUT2D eigenvalue weighted by atomic mass is 10.1. The minimum Gasteiger partial charge on any atom is -0.356 e. The average Bonchev–Trinajstić information content (AvgIpc) is 2.89. The van der Waals surface area contributed by atoms with Crippen LogP contribution in [0.2, 0.25) is 0 Å². The minimum atomic E-state index is 0. The fourth-order valence-electron chi connectivity index (χ4n) is 1.76. The molecule has 21 heavy (non-hydrogen) atoms. The highest BCUT2D eigenvalue weighted by Crippen LogP contribution is 1.98. The van der Waals surface area contributed by atoms with Gasteiger partial charge >= 0.3 is 0 Å². The number of nitrogens with zero attached hydrogens (tertiary/aromatic N) is 3. The molecule has 114 valence electrons. The van der Waals surface area contributed by atoms with Crippen LogP contribution in [-0.4, -0.2) is 29.7 Å².